The number of aromatic amines is 1. The smallest absolute Gasteiger partial charge is 0.291 e. The lowest BCUT2D eigenvalue weighted by Crippen LogP contribution is -2.18. The van der Waals surface area contributed by atoms with E-state index in [0.29, 0.717) is 0 Å². The van der Waals surface area contributed by atoms with E-state index in [2.05, 4.69) is 20.7 Å². The van der Waals surface area contributed by atoms with Gasteiger partial charge in [-0.05, 0) is 75.9 Å². The molecule has 1 aromatic heterocycles. The lowest BCUT2D eigenvalue weighted by atomic mass is 10.2. The van der Waals surface area contributed by atoms with Gasteiger partial charge in [0.25, 0.3) is 5.91 Å². The molecule has 20 heavy (non-hydrogen) atoms. The van der Waals surface area contributed by atoms with E-state index in [0.717, 1.165) is 18.4 Å². The summed E-state index contributed by atoms with van der Waals surface area (Å²) in [5.74, 6) is -0.131. The van der Waals surface area contributed by atoms with Crippen LogP contribution in [0.2, 0.25) is 0 Å². The molecular formula is C12H10I2N4O2. The van der Waals surface area contributed by atoms with Crippen LogP contribution in [0.3, 0.4) is 0 Å². The van der Waals surface area contributed by atoms with Gasteiger partial charge >= 0.3 is 0 Å². The van der Waals surface area contributed by atoms with Gasteiger partial charge in [-0.2, -0.15) is 10.2 Å². The number of carbonyl (C=O) groups excluding carboxylic acids is 1. The van der Waals surface area contributed by atoms with Crippen LogP contribution in [0.4, 0.5) is 0 Å². The third-order valence-corrected chi connectivity index (χ3v) is 4.00. The third kappa shape index (κ3) is 3.69. The summed E-state index contributed by atoms with van der Waals surface area (Å²) in [5, 5.41) is 20.0. The lowest BCUT2D eigenvalue weighted by Gasteiger charge is -2.02. The van der Waals surface area contributed by atoms with Crippen molar-refractivity contribution < 1.29 is 9.90 Å². The van der Waals surface area contributed by atoms with Gasteiger partial charge in [-0.3, -0.25) is 9.89 Å². The Labute approximate surface area is 142 Å². The van der Waals surface area contributed by atoms with Gasteiger partial charge in [0.2, 0.25) is 0 Å². The van der Waals surface area contributed by atoms with Crippen LogP contribution in [0.1, 0.15) is 21.7 Å². The zero-order valence-corrected chi connectivity index (χ0v) is 14.6. The number of halogens is 2. The van der Waals surface area contributed by atoms with Crippen molar-refractivity contribution in [3.8, 4) is 5.75 Å². The number of rotatable bonds is 3. The fraction of sp³-hybridized carbons (Fsp3) is 0.0833. The summed E-state index contributed by atoms with van der Waals surface area (Å²) in [4.78, 5) is 11.7. The minimum Gasteiger partial charge on any atom is -0.506 e. The van der Waals surface area contributed by atoms with E-state index in [1.165, 1.54) is 6.21 Å². The van der Waals surface area contributed by atoms with Crippen molar-refractivity contribution in [2.75, 3.05) is 0 Å². The largest absolute Gasteiger partial charge is 0.506 e. The van der Waals surface area contributed by atoms with Gasteiger partial charge in [0, 0.05) is 5.69 Å². The predicted molar refractivity (Wildman–Crippen MR) is 91.9 cm³/mol. The van der Waals surface area contributed by atoms with Gasteiger partial charge in [-0.15, -0.1) is 0 Å². The molecule has 2 aromatic rings. The molecule has 0 atom stereocenters. The number of nitrogens with one attached hydrogen (secondary N) is 2. The van der Waals surface area contributed by atoms with E-state index in [-0.39, 0.29) is 17.4 Å². The predicted octanol–water partition coefficient (Wildman–Crippen LogP) is 2.40. The third-order valence-electron chi connectivity index (χ3n) is 2.36. The molecule has 0 aliphatic carbocycles. The first-order valence-electron chi connectivity index (χ1n) is 5.51. The number of carbonyl (C=O) groups is 1. The van der Waals surface area contributed by atoms with Crippen LogP contribution in [0, 0.1) is 14.1 Å². The Balaban J connectivity index is 2.05. The first-order chi connectivity index (χ1) is 9.47. The number of phenolic OH excluding ortho intramolecular Hbond substituents is 1. The van der Waals surface area contributed by atoms with E-state index < -0.39 is 0 Å². The molecule has 6 nitrogen and oxygen atoms in total. The van der Waals surface area contributed by atoms with Crippen molar-refractivity contribution in [2.24, 2.45) is 5.10 Å². The number of H-pyrrole nitrogens is 1. The van der Waals surface area contributed by atoms with Crippen molar-refractivity contribution in [2.45, 2.75) is 6.92 Å². The average molecular weight is 496 g/mol. The molecule has 0 saturated heterocycles. The number of aromatic nitrogens is 2. The first-order valence-corrected chi connectivity index (χ1v) is 7.66. The minimum absolute atomic E-state index is 0.249. The number of hydrogen-bond donors (Lipinski definition) is 3. The minimum atomic E-state index is -0.381. The van der Waals surface area contributed by atoms with E-state index in [4.69, 9.17) is 0 Å². The monoisotopic (exact) mass is 496 g/mol. The Morgan fingerprint density at radius 2 is 2.05 bits per heavy atom. The summed E-state index contributed by atoms with van der Waals surface area (Å²) >= 11 is 4.07. The SMILES string of the molecule is Cc1cc(C(=O)N/N=C/c2cc(I)c(O)c(I)c2)n[nH]1. The second-order valence-electron chi connectivity index (χ2n) is 3.97. The van der Waals surface area contributed by atoms with Crippen LogP contribution in [-0.2, 0) is 0 Å². The summed E-state index contributed by atoms with van der Waals surface area (Å²) in [6.07, 6.45) is 1.52. The number of hydrazone groups is 1. The maximum absolute atomic E-state index is 11.7. The highest BCUT2D eigenvalue weighted by Gasteiger charge is 2.08. The van der Waals surface area contributed by atoms with E-state index >= 15 is 0 Å². The van der Waals surface area contributed by atoms with Crippen molar-refractivity contribution in [3.05, 3.63) is 42.3 Å². The zero-order valence-electron chi connectivity index (χ0n) is 10.3. The number of aryl methyl sites for hydroxylation is 1. The number of benzene rings is 1. The molecule has 104 valence electrons. The van der Waals surface area contributed by atoms with E-state index in [1.54, 1.807) is 18.2 Å². The summed E-state index contributed by atoms with van der Waals surface area (Å²) < 4.78 is 1.45. The van der Waals surface area contributed by atoms with Crippen molar-refractivity contribution in [1.82, 2.24) is 15.6 Å². The molecular weight excluding hydrogens is 486 g/mol. The van der Waals surface area contributed by atoms with Gasteiger partial charge in [0.1, 0.15) is 5.75 Å². The lowest BCUT2D eigenvalue weighted by molar-refractivity contribution is 0.0950. The molecule has 3 N–H and O–H groups in total. The molecule has 0 spiro atoms. The average Bonchev–Trinajstić information content (AvgIpc) is 2.82. The van der Waals surface area contributed by atoms with Crippen LogP contribution in [0.15, 0.2) is 23.3 Å². The fourth-order valence-electron chi connectivity index (χ4n) is 1.42. The Hall–Kier alpha value is -1.17. The van der Waals surface area contributed by atoms with Crippen molar-refractivity contribution >= 4 is 57.3 Å². The molecule has 1 heterocycles. The molecule has 2 rings (SSSR count). The molecule has 1 amide bonds. The first kappa shape index (κ1) is 15.2. The maximum Gasteiger partial charge on any atom is 0.291 e. The Morgan fingerprint density at radius 3 is 2.60 bits per heavy atom. The number of hydrogen-bond acceptors (Lipinski definition) is 4. The van der Waals surface area contributed by atoms with Crippen LogP contribution in [0.25, 0.3) is 0 Å². The molecule has 8 heteroatoms. The van der Waals surface area contributed by atoms with Gasteiger partial charge in [-0.25, -0.2) is 5.43 Å². The fourth-order valence-corrected chi connectivity index (χ4v) is 3.23. The molecule has 0 bridgehead atoms. The zero-order chi connectivity index (χ0) is 14.7. The highest BCUT2D eigenvalue weighted by Crippen LogP contribution is 2.26. The van der Waals surface area contributed by atoms with Gasteiger partial charge in [-0.1, -0.05) is 0 Å². The Kier molecular flexibility index (Phi) is 4.96. The molecule has 0 aliphatic heterocycles. The number of phenols is 1. The van der Waals surface area contributed by atoms with Crippen LogP contribution in [-0.4, -0.2) is 27.4 Å². The highest BCUT2D eigenvalue weighted by atomic mass is 127. The second kappa shape index (κ2) is 6.52. The Bertz CT molecular complexity index is 659. The van der Waals surface area contributed by atoms with Crippen molar-refractivity contribution in [1.29, 1.82) is 0 Å². The highest BCUT2D eigenvalue weighted by molar-refractivity contribution is 14.1. The molecule has 0 radical (unpaired) electrons. The molecule has 0 aliphatic rings. The summed E-state index contributed by atoms with van der Waals surface area (Å²) in [6.45, 7) is 1.81. The summed E-state index contributed by atoms with van der Waals surface area (Å²) in [7, 11) is 0. The maximum atomic E-state index is 11.7. The number of nitrogens with zero attached hydrogens (tertiary/aromatic N) is 2. The topological polar surface area (TPSA) is 90.4 Å². The normalized spacial score (nSPS) is 10.9. The van der Waals surface area contributed by atoms with Crippen molar-refractivity contribution in [3.63, 3.8) is 0 Å². The standard InChI is InChI=1S/C12H10I2N4O2/c1-6-2-10(17-16-6)12(20)18-15-5-7-3-8(13)11(19)9(14)4-7/h2-5,19H,1H3,(H,16,17)(H,18,20)/b15-5+. The molecule has 1 aromatic carbocycles. The Morgan fingerprint density at radius 1 is 1.40 bits per heavy atom. The van der Waals surface area contributed by atoms with Gasteiger partial charge < -0.3 is 5.11 Å². The molecule has 0 unspecified atom stereocenters. The quantitative estimate of drug-likeness (QED) is 0.347. The molecule has 0 fully saturated rings. The van der Waals surface area contributed by atoms with E-state index in [1.807, 2.05) is 52.1 Å². The van der Waals surface area contributed by atoms with Crippen LogP contribution >= 0.6 is 45.2 Å². The van der Waals surface area contributed by atoms with Crippen LogP contribution in [0.5, 0.6) is 5.75 Å². The summed E-state index contributed by atoms with van der Waals surface area (Å²) in [6, 6.07) is 5.18. The van der Waals surface area contributed by atoms with Crippen LogP contribution < -0.4 is 5.43 Å². The number of aromatic hydroxyl groups is 1. The molecule has 0 saturated carbocycles. The van der Waals surface area contributed by atoms with E-state index in [9.17, 15) is 9.90 Å². The number of amides is 1. The van der Waals surface area contributed by atoms with Gasteiger partial charge in [0.15, 0.2) is 5.69 Å². The van der Waals surface area contributed by atoms with Gasteiger partial charge in [0.05, 0.1) is 13.4 Å². The summed E-state index contributed by atoms with van der Waals surface area (Å²) in [5.41, 5.74) is 4.28. The second-order valence-corrected chi connectivity index (χ2v) is 6.29.